The summed E-state index contributed by atoms with van der Waals surface area (Å²) in [6.07, 6.45) is -3.73. The fourth-order valence-electron chi connectivity index (χ4n) is 3.72. The van der Waals surface area contributed by atoms with E-state index >= 15 is 0 Å². The van der Waals surface area contributed by atoms with E-state index in [4.69, 9.17) is 0 Å². The van der Waals surface area contributed by atoms with E-state index in [2.05, 4.69) is 20.2 Å². The average Bonchev–Trinajstić information content (AvgIpc) is 2.79. The summed E-state index contributed by atoms with van der Waals surface area (Å²) in [6, 6.07) is 16.7. The first kappa shape index (κ1) is 23.1. The van der Waals surface area contributed by atoms with Crippen LogP contribution in [0.2, 0.25) is 0 Å². The highest BCUT2D eigenvalue weighted by Crippen LogP contribution is 2.37. The Morgan fingerprint density at radius 1 is 0.909 bits per heavy atom. The maximum atomic E-state index is 13.7. The molecule has 0 amide bonds. The standard InChI is InChI=1S/C23H25F3N5OP/c1-33(2,32)19-10-8-17(9-11-19)28-22-27-16-20(23(24,25)26)21(29-22)31-14-12-30(13-15-31)18-6-4-3-5-7-18/h3-11,16H,12-15H2,1-2H3,(H,27,28,29). The van der Waals surface area contributed by atoms with Gasteiger partial charge in [-0.15, -0.1) is 0 Å². The van der Waals surface area contributed by atoms with Crippen molar-refractivity contribution in [3.8, 4) is 0 Å². The molecule has 2 heterocycles. The predicted octanol–water partition coefficient (Wildman–Crippen LogP) is 4.81. The zero-order valence-electron chi connectivity index (χ0n) is 18.4. The van der Waals surface area contributed by atoms with Crippen molar-refractivity contribution < 1.29 is 17.7 Å². The summed E-state index contributed by atoms with van der Waals surface area (Å²) in [5.74, 6) is -0.0524. The Morgan fingerprint density at radius 2 is 1.52 bits per heavy atom. The lowest BCUT2D eigenvalue weighted by Crippen LogP contribution is -2.47. The number of hydrogen-bond donors (Lipinski definition) is 1. The molecule has 1 fully saturated rings. The van der Waals surface area contributed by atoms with Gasteiger partial charge in [-0.1, -0.05) is 18.2 Å². The predicted molar refractivity (Wildman–Crippen MR) is 127 cm³/mol. The molecule has 1 aromatic heterocycles. The van der Waals surface area contributed by atoms with Gasteiger partial charge in [0, 0.05) is 49.1 Å². The number of nitrogens with zero attached hydrogens (tertiary/aromatic N) is 4. The van der Waals surface area contributed by atoms with Gasteiger partial charge >= 0.3 is 6.18 Å². The molecule has 3 aromatic rings. The minimum absolute atomic E-state index is 0.0763. The third kappa shape index (κ3) is 5.47. The Hall–Kier alpha value is -3.06. The maximum absolute atomic E-state index is 13.7. The van der Waals surface area contributed by atoms with Crippen LogP contribution < -0.4 is 20.4 Å². The number of nitrogens with one attached hydrogen (secondary N) is 1. The molecule has 0 radical (unpaired) electrons. The summed E-state index contributed by atoms with van der Waals surface area (Å²) in [5, 5.41) is 3.68. The zero-order chi connectivity index (χ0) is 23.6. The molecule has 1 aliphatic heterocycles. The molecule has 33 heavy (non-hydrogen) atoms. The molecule has 6 nitrogen and oxygen atoms in total. The second-order valence-electron chi connectivity index (χ2n) is 8.26. The van der Waals surface area contributed by atoms with E-state index in [0.29, 0.717) is 31.9 Å². The van der Waals surface area contributed by atoms with E-state index in [1.54, 1.807) is 42.5 Å². The second kappa shape index (κ2) is 9.06. The number of halogens is 3. The molecule has 1 aliphatic rings. The van der Waals surface area contributed by atoms with E-state index in [9.17, 15) is 17.7 Å². The lowest BCUT2D eigenvalue weighted by Gasteiger charge is -2.37. The van der Waals surface area contributed by atoms with Crippen molar-refractivity contribution in [3.63, 3.8) is 0 Å². The highest BCUT2D eigenvalue weighted by molar-refractivity contribution is 7.70. The van der Waals surface area contributed by atoms with Gasteiger partial charge in [0.1, 0.15) is 18.5 Å². The molecule has 10 heteroatoms. The minimum Gasteiger partial charge on any atom is -0.368 e. The SMILES string of the molecule is CP(C)(=O)c1ccc(Nc2ncc(C(F)(F)F)c(N3CCN(c4ccccc4)CC3)n2)cc1. The number of para-hydroxylation sites is 1. The van der Waals surface area contributed by atoms with E-state index in [1.807, 2.05) is 30.3 Å². The van der Waals surface area contributed by atoms with Gasteiger partial charge in [0.25, 0.3) is 0 Å². The van der Waals surface area contributed by atoms with Gasteiger partial charge in [-0.05, 0) is 49.7 Å². The maximum Gasteiger partial charge on any atom is 0.421 e. The van der Waals surface area contributed by atoms with Gasteiger partial charge in [-0.25, -0.2) is 4.98 Å². The van der Waals surface area contributed by atoms with Crippen molar-refractivity contribution >= 4 is 35.6 Å². The van der Waals surface area contributed by atoms with E-state index < -0.39 is 18.9 Å². The molecule has 1 N–H and O–H groups in total. The van der Waals surface area contributed by atoms with Crippen LogP contribution >= 0.6 is 7.14 Å². The first-order chi connectivity index (χ1) is 15.6. The Morgan fingerprint density at radius 3 is 2.09 bits per heavy atom. The average molecular weight is 475 g/mol. The molecular formula is C23H25F3N5OP. The third-order valence-electron chi connectivity index (χ3n) is 5.52. The van der Waals surface area contributed by atoms with Crippen molar-refractivity contribution in [3.05, 3.63) is 66.4 Å². The van der Waals surface area contributed by atoms with E-state index in [0.717, 1.165) is 17.2 Å². The summed E-state index contributed by atoms with van der Waals surface area (Å²) in [7, 11) is -2.39. The van der Waals surface area contributed by atoms with Crippen LogP contribution in [0.15, 0.2) is 60.8 Å². The number of anilines is 4. The Bertz CT molecular complexity index is 1140. The van der Waals surface area contributed by atoms with Crippen LogP contribution in [-0.2, 0) is 10.7 Å². The third-order valence-corrected chi connectivity index (χ3v) is 7.06. The van der Waals surface area contributed by atoms with Crippen molar-refractivity contribution in [1.29, 1.82) is 0 Å². The number of aromatic nitrogens is 2. The van der Waals surface area contributed by atoms with Crippen LogP contribution in [0.4, 0.5) is 36.3 Å². The normalized spacial score (nSPS) is 14.9. The number of benzene rings is 2. The highest BCUT2D eigenvalue weighted by atomic mass is 31.2. The summed E-state index contributed by atoms with van der Waals surface area (Å²) in [4.78, 5) is 11.9. The van der Waals surface area contributed by atoms with Crippen LogP contribution in [0.25, 0.3) is 0 Å². The van der Waals surface area contributed by atoms with Crippen LogP contribution in [-0.4, -0.2) is 49.5 Å². The van der Waals surface area contributed by atoms with Gasteiger partial charge in [0.2, 0.25) is 5.95 Å². The molecular weight excluding hydrogens is 450 g/mol. The quantitative estimate of drug-likeness (QED) is 0.535. The van der Waals surface area contributed by atoms with Crippen molar-refractivity contribution in [2.45, 2.75) is 6.18 Å². The first-order valence-corrected chi connectivity index (χ1v) is 13.1. The highest BCUT2D eigenvalue weighted by Gasteiger charge is 2.37. The molecule has 0 spiro atoms. The summed E-state index contributed by atoms with van der Waals surface area (Å²) in [5.41, 5.74) is 0.798. The zero-order valence-corrected chi connectivity index (χ0v) is 19.3. The summed E-state index contributed by atoms with van der Waals surface area (Å²) >= 11 is 0. The van der Waals surface area contributed by atoms with Gasteiger partial charge in [-0.2, -0.15) is 18.2 Å². The number of alkyl halides is 3. The molecule has 1 saturated heterocycles. The molecule has 174 valence electrons. The summed E-state index contributed by atoms with van der Waals surface area (Å²) < 4.78 is 53.3. The monoisotopic (exact) mass is 475 g/mol. The number of hydrogen-bond acceptors (Lipinski definition) is 6. The van der Waals surface area contributed by atoms with Gasteiger partial charge < -0.3 is 19.7 Å². The molecule has 4 rings (SSSR count). The Labute approximate surface area is 190 Å². The molecule has 2 aromatic carbocycles. The smallest absolute Gasteiger partial charge is 0.368 e. The molecule has 0 bridgehead atoms. The van der Waals surface area contributed by atoms with Crippen molar-refractivity contribution in [1.82, 2.24) is 9.97 Å². The van der Waals surface area contributed by atoms with Crippen LogP contribution in [0.5, 0.6) is 0 Å². The van der Waals surface area contributed by atoms with Gasteiger partial charge in [-0.3, -0.25) is 0 Å². The van der Waals surface area contributed by atoms with Crippen molar-refractivity contribution in [2.24, 2.45) is 0 Å². The second-order valence-corrected chi connectivity index (χ2v) is 11.5. The molecule has 0 unspecified atom stereocenters. The van der Waals surface area contributed by atoms with Gasteiger partial charge in [0.15, 0.2) is 0 Å². The molecule has 0 saturated carbocycles. The Kier molecular flexibility index (Phi) is 6.34. The minimum atomic E-state index is -4.56. The molecule has 0 aliphatic carbocycles. The number of piperazine rings is 1. The Balaban J connectivity index is 1.55. The lowest BCUT2D eigenvalue weighted by molar-refractivity contribution is -0.137. The number of rotatable bonds is 5. The van der Waals surface area contributed by atoms with E-state index in [1.165, 1.54) is 0 Å². The largest absolute Gasteiger partial charge is 0.421 e. The fourth-order valence-corrected chi connectivity index (χ4v) is 4.59. The lowest BCUT2D eigenvalue weighted by atomic mass is 10.2. The van der Waals surface area contributed by atoms with E-state index in [-0.39, 0.29) is 11.8 Å². The topological polar surface area (TPSA) is 61.4 Å². The summed E-state index contributed by atoms with van der Waals surface area (Å²) in [6.45, 7) is 5.35. The first-order valence-electron chi connectivity index (χ1n) is 10.5. The van der Waals surface area contributed by atoms with Crippen LogP contribution in [0.3, 0.4) is 0 Å². The fraction of sp³-hybridized carbons (Fsp3) is 0.304. The van der Waals surface area contributed by atoms with Crippen LogP contribution in [0.1, 0.15) is 5.56 Å². The van der Waals surface area contributed by atoms with Gasteiger partial charge in [0.05, 0.1) is 0 Å². The van der Waals surface area contributed by atoms with Crippen molar-refractivity contribution in [2.75, 3.05) is 54.6 Å². The molecule has 0 atom stereocenters. The van der Waals surface area contributed by atoms with Crippen LogP contribution in [0, 0.1) is 0 Å².